The Kier molecular flexibility index (Phi) is 4.44. The highest BCUT2D eigenvalue weighted by Gasteiger charge is 2.60. The summed E-state index contributed by atoms with van der Waals surface area (Å²) in [6, 6.07) is 6.79. The van der Waals surface area contributed by atoms with E-state index in [0.717, 1.165) is 37.6 Å². The van der Waals surface area contributed by atoms with E-state index in [9.17, 15) is 13.2 Å². The Bertz CT molecular complexity index is 1280. The maximum absolute atomic E-state index is 13.0. The number of rotatable bonds is 5. The molecule has 2 aliphatic carbocycles. The second kappa shape index (κ2) is 7.19. The van der Waals surface area contributed by atoms with E-state index in [2.05, 4.69) is 15.2 Å². The Labute approximate surface area is 204 Å². The number of likely N-dealkylation sites (tertiary alicyclic amines) is 2. The summed E-state index contributed by atoms with van der Waals surface area (Å²) in [7, 11) is -2.12. The molecule has 1 N–H and O–H groups in total. The predicted molar refractivity (Wildman–Crippen MR) is 125 cm³/mol. The van der Waals surface area contributed by atoms with Gasteiger partial charge < -0.3 is 19.5 Å². The van der Waals surface area contributed by atoms with Crippen LogP contribution >= 0.6 is 0 Å². The predicted octanol–water partition coefficient (Wildman–Crippen LogP) is 2.00. The molecule has 186 valence electrons. The van der Waals surface area contributed by atoms with Crippen LogP contribution in [-0.4, -0.2) is 90.1 Å². The first-order chi connectivity index (χ1) is 16.8. The van der Waals surface area contributed by atoms with Gasteiger partial charge in [-0.2, -0.15) is 4.31 Å². The van der Waals surface area contributed by atoms with Gasteiger partial charge in [0.25, 0.3) is 0 Å². The van der Waals surface area contributed by atoms with Crippen LogP contribution in [0.25, 0.3) is 0 Å². The van der Waals surface area contributed by atoms with Crippen LogP contribution in [0.1, 0.15) is 49.2 Å². The number of H-pyrrole nitrogens is 1. The first kappa shape index (κ1) is 21.6. The second-order valence-corrected chi connectivity index (χ2v) is 13.3. The van der Waals surface area contributed by atoms with E-state index in [1.54, 1.807) is 24.3 Å². The van der Waals surface area contributed by atoms with Crippen molar-refractivity contribution in [3.8, 4) is 5.75 Å². The van der Waals surface area contributed by atoms with Crippen LogP contribution in [0.2, 0.25) is 0 Å². The second-order valence-electron chi connectivity index (χ2n) is 11.4. The number of benzene rings is 1. The minimum absolute atomic E-state index is 0.0893. The van der Waals surface area contributed by atoms with Crippen molar-refractivity contribution < 1.29 is 17.9 Å². The number of carbonyl (C=O) groups excluding carboxylic acids is 1. The lowest BCUT2D eigenvalue weighted by Crippen LogP contribution is -2.76. The van der Waals surface area contributed by atoms with Gasteiger partial charge in [-0.15, -0.1) is 10.2 Å². The van der Waals surface area contributed by atoms with Gasteiger partial charge in [0.05, 0.1) is 7.11 Å². The molecule has 2 spiro atoms. The van der Waals surface area contributed by atoms with E-state index < -0.39 is 10.0 Å². The van der Waals surface area contributed by atoms with Gasteiger partial charge >= 0.3 is 6.03 Å². The number of urea groups is 1. The molecular formula is C24H30N6O4S. The summed E-state index contributed by atoms with van der Waals surface area (Å²) in [4.78, 5) is 20.4. The lowest BCUT2D eigenvalue weighted by atomic mass is 9.57. The zero-order valence-corrected chi connectivity index (χ0v) is 20.6. The number of aromatic nitrogens is 3. The first-order valence-corrected chi connectivity index (χ1v) is 13.8. The van der Waals surface area contributed by atoms with Gasteiger partial charge in [0.15, 0.2) is 0 Å². The molecule has 3 aliphatic heterocycles. The van der Waals surface area contributed by atoms with Gasteiger partial charge in [-0.05, 0) is 37.8 Å². The summed E-state index contributed by atoms with van der Waals surface area (Å²) >= 11 is 0. The van der Waals surface area contributed by atoms with E-state index in [1.807, 2.05) is 9.80 Å². The normalized spacial score (nSPS) is 25.1. The van der Waals surface area contributed by atoms with Gasteiger partial charge in [0.2, 0.25) is 10.0 Å². The van der Waals surface area contributed by atoms with Crippen LogP contribution in [-0.2, 0) is 10.0 Å². The fraction of sp³-hybridized carbons (Fsp3) is 0.625. The third-order valence-corrected chi connectivity index (χ3v) is 10.4. The van der Waals surface area contributed by atoms with Crippen LogP contribution in [0, 0.1) is 10.8 Å². The molecule has 2 aromatic rings. The summed E-state index contributed by atoms with van der Waals surface area (Å²) < 4.78 is 32.8. The number of methoxy groups -OCH3 is 1. The molecule has 35 heavy (non-hydrogen) atoms. The number of hydrogen-bond donors (Lipinski definition) is 1. The van der Waals surface area contributed by atoms with Crippen molar-refractivity contribution in [3.05, 3.63) is 35.9 Å². The Morgan fingerprint density at radius 3 is 2.17 bits per heavy atom. The molecule has 4 heterocycles. The quantitative estimate of drug-likeness (QED) is 0.675. The molecule has 1 aromatic carbocycles. The summed E-state index contributed by atoms with van der Waals surface area (Å²) in [5.74, 6) is 3.44. The highest BCUT2D eigenvalue weighted by molar-refractivity contribution is 7.89. The molecule has 0 radical (unpaired) electrons. The van der Waals surface area contributed by atoms with Crippen LogP contribution in [0.4, 0.5) is 4.79 Å². The smallest absolute Gasteiger partial charge is 0.320 e. The minimum Gasteiger partial charge on any atom is -0.495 e. The highest BCUT2D eigenvalue weighted by atomic mass is 32.2. The SMILES string of the molecule is COc1ccccc1S(=O)(=O)N1CC2(CN(C(=O)N3CC4(CC(c5nnc(C6CC6)[nH]5)C4)C3)C2)C1. The first-order valence-electron chi connectivity index (χ1n) is 12.4. The Hall–Kier alpha value is -2.66. The van der Waals surface area contributed by atoms with Crippen molar-refractivity contribution in [1.82, 2.24) is 29.3 Å². The number of aromatic amines is 1. The number of nitrogens with one attached hydrogen (secondary N) is 1. The van der Waals surface area contributed by atoms with Crippen molar-refractivity contribution in [2.75, 3.05) is 46.4 Å². The number of para-hydroxylation sites is 1. The average molecular weight is 499 g/mol. The molecule has 0 unspecified atom stereocenters. The molecule has 11 heteroatoms. The number of amides is 2. The zero-order chi connectivity index (χ0) is 24.0. The van der Waals surface area contributed by atoms with Gasteiger partial charge in [-0.1, -0.05) is 12.1 Å². The Morgan fingerprint density at radius 1 is 0.943 bits per heavy atom. The molecule has 5 fully saturated rings. The summed E-state index contributed by atoms with van der Waals surface area (Å²) in [5.41, 5.74) is 0.131. The lowest BCUT2D eigenvalue weighted by molar-refractivity contribution is -0.0930. The van der Waals surface area contributed by atoms with Crippen molar-refractivity contribution in [1.29, 1.82) is 0 Å². The van der Waals surface area contributed by atoms with Crippen molar-refractivity contribution in [2.45, 2.75) is 42.4 Å². The molecule has 0 bridgehead atoms. The number of ether oxygens (including phenoxy) is 1. The fourth-order valence-corrected chi connectivity index (χ4v) is 8.31. The Balaban J connectivity index is 0.892. The maximum atomic E-state index is 13.0. The molecule has 3 saturated heterocycles. The van der Waals surface area contributed by atoms with Crippen LogP contribution in [0.5, 0.6) is 5.75 Å². The number of hydrogen-bond acceptors (Lipinski definition) is 6. The van der Waals surface area contributed by atoms with Crippen molar-refractivity contribution in [3.63, 3.8) is 0 Å². The number of sulfonamides is 1. The minimum atomic E-state index is -3.60. The van der Waals surface area contributed by atoms with Crippen molar-refractivity contribution in [2.24, 2.45) is 10.8 Å². The standard InChI is InChI=1S/C24H30N6O4S/c1-34-18-4-2-3-5-19(18)35(32,33)30-14-24(15-30)12-29(13-24)22(31)28-10-23(11-28)8-17(9-23)21-25-20(26-27-21)16-6-7-16/h2-5,16-17H,6-15H2,1H3,(H,25,26,27). The zero-order valence-electron chi connectivity index (χ0n) is 19.8. The van der Waals surface area contributed by atoms with E-state index >= 15 is 0 Å². The number of carbonyl (C=O) groups is 1. The van der Waals surface area contributed by atoms with Crippen molar-refractivity contribution >= 4 is 16.1 Å². The monoisotopic (exact) mass is 498 g/mol. The average Bonchev–Trinajstić information content (AvgIpc) is 3.47. The number of nitrogens with zero attached hydrogens (tertiary/aromatic N) is 5. The highest BCUT2D eigenvalue weighted by Crippen LogP contribution is 2.56. The summed E-state index contributed by atoms with van der Waals surface area (Å²) in [6.07, 6.45) is 4.56. The van der Waals surface area contributed by atoms with E-state index in [1.165, 1.54) is 24.3 Å². The summed E-state index contributed by atoms with van der Waals surface area (Å²) in [6.45, 7) is 3.76. The molecule has 2 saturated carbocycles. The van der Waals surface area contributed by atoms with Crippen LogP contribution in [0.15, 0.2) is 29.2 Å². The van der Waals surface area contributed by atoms with E-state index in [4.69, 9.17) is 4.74 Å². The fourth-order valence-electron chi connectivity index (χ4n) is 6.49. The Morgan fingerprint density at radius 2 is 1.54 bits per heavy atom. The van der Waals surface area contributed by atoms with Gasteiger partial charge in [-0.3, -0.25) is 0 Å². The topological polar surface area (TPSA) is 112 Å². The third kappa shape index (κ3) is 3.31. The molecule has 5 aliphatic rings. The van der Waals surface area contributed by atoms with Crippen LogP contribution in [0.3, 0.4) is 0 Å². The van der Waals surface area contributed by atoms with Gasteiger partial charge in [0.1, 0.15) is 22.3 Å². The molecule has 1 aromatic heterocycles. The molecule has 0 atom stereocenters. The molecular weight excluding hydrogens is 468 g/mol. The molecule has 2 amide bonds. The molecule has 10 nitrogen and oxygen atoms in total. The lowest BCUT2D eigenvalue weighted by Gasteiger charge is -2.63. The van der Waals surface area contributed by atoms with Gasteiger partial charge in [-0.25, -0.2) is 13.2 Å². The van der Waals surface area contributed by atoms with E-state index in [-0.39, 0.29) is 21.8 Å². The van der Waals surface area contributed by atoms with Crippen LogP contribution < -0.4 is 4.74 Å². The van der Waals surface area contributed by atoms with E-state index in [0.29, 0.717) is 43.8 Å². The summed E-state index contributed by atoms with van der Waals surface area (Å²) in [5, 5.41) is 8.67. The largest absolute Gasteiger partial charge is 0.495 e. The maximum Gasteiger partial charge on any atom is 0.320 e. The van der Waals surface area contributed by atoms with Gasteiger partial charge in [0, 0.05) is 61.9 Å². The molecule has 7 rings (SSSR count). The third-order valence-electron chi connectivity index (χ3n) is 8.59.